The van der Waals surface area contributed by atoms with Gasteiger partial charge in [-0.15, -0.1) is 0 Å². The maximum absolute atomic E-state index is 14.4. The number of benzene rings is 2. The fraction of sp³-hybridized carbons (Fsp3) is 0.182. The fourth-order valence-corrected chi connectivity index (χ4v) is 3.82. The van der Waals surface area contributed by atoms with Crippen LogP contribution in [-0.2, 0) is 12.8 Å². The van der Waals surface area contributed by atoms with E-state index < -0.39 is 0 Å². The molecule has 7 nitrogen and oxygen atoms in total. The van der Waals surface area contributed by atoms with Crippen LogP contribution in [0.5, 0.6) is 0 Å². The van der Waals surface area contributed by atoms with Crippen molar-refractivity contribution in [1.82, 2.24) is 19.9 Å². The minimum absolute atomic E-state index is 0.310. The van der Waals surface area contributed by atoms with Gasteiger partial charge in [-0.05, 0) is 43.5 Å². The minimum atomic E-state index is -0.375. The second-order valence-electron chi connectivity index (χ2n) is 7.13. The number of anilines is 1. The molecular weight excluding hydrogens is 385 g/mol. The zero-order valence-electron chi connectivity index (χ0n) is 16.2. The molecule has 1 N–H and O–H groups in total. The van der Waals surface area contributed by atoms with Crippen LogP contribution < -0.4 is 5.32 Å². The fourth-order valence-electron chi connectivity index (χ4n) is 3.82. The normalized spacial score (nSPS) is 12.7. The summed E-state index contributed by atoms with van der Waals surface area (Å²) in [6, 6.07) is 13.7. The number of para-hydroxylation sites is 2. The summed E-state index contributed by atoms with van der Waals surface area (Å²) in [6.45, 7) is 1.70. The van der Waals surface area contributed by atoms with Crippen LogP contribution in [0.2, 0.25) is 0 Å². The maximum atomic E-state index is 14.4. The van der Waals surface area contributed by atoms with Gasteiger partial charge in [-0.25, -0.2) is 9.07 Å². The lowest BCUT2D eigenvalue weighted by molar-refractivity contribution is 0.102. The van der Waals surface area contributed by atoms with Gasteiger partial charge < -0.3 is 9.84 Å². The highest BCUT2D eigenvalue weighted by atomic mass is 19.1. The van der Waals surface area contributed by atoms with Crippen molar-refractivity contribution in [1.29, 1.82) is 0 Å². The zero-order valence-corrected chi connectivity index (χ0v) is 16.2. The molecule has 0 bridgehead atoms. The van der Waals surface area contributed by atoms with Crippen LogP contribution in [0.4, 0.5) is 10.1 Å². The highest BCUT2D eigenvalue weighted by Crippen LogP contribution is 2.30. The van der Waals surface area contributed by atoms with E-state index in [1.54, 1.807) is 35.9 Å². The first-order valence-corrected chi connectivity index (χ1v) is 9.68. The molecule has 1 aliphatic rings. The number of nitrogens with one attached hydrogen (secondary N) is 1. The molecule has 0 spiro atoms. The lowest BCUT2D eigenvalue weighted by Gasteiger charge is -2.08. The van der Waals surface area contributed by atoms with Crippen molar-refractivity contribution >= 4 is 11.6 Å². The van der Waals surface area contributed by atoms with Crippen molar-refractivity contribution < 1.29 is 13.7 Å². The smallest absolute Gasteiger partial charge is 0.276 e. The Balaban J connectivity index is 1.52. The Bertz CT molecular complexity index is 1260. The molecule has 0 unspecified atom stereocenters. The van der Waals surface area contributed by atoms with Crippen LogP contribution in [0.25, 0.3) is 17.1 Å². The van der Waals surface area contributed by atoms with E-state index in [0.29, 0.717) is 34.3 Å². The Kier molecular flexibility index (Phi) is 4.39. The Hall–Kier alpha value is -3.81. The molecule has 1 amide bonds. The van der Waals surface area contributed by atoms with Crippen molar-refractivity contribution in [2.24, 2.45) is 0 Å². The van der Waals surface area contributed by atoms with Gasteiger partial charge in [0.1, 0.15) is 11.5 Å². The minimum Gasteiger partial charge on any atom is -0.339 e. The number of hydrogen-bond donors (Lipinski definition) is 1. The number of fused-ring (bicyclic) bond motifs is 1. The van der Waals surface area contributed by atoms with Crippen LogP contribution in [0.1, 0.15) is 34.1 Å². The number of nitrogens with zero attached hydrogens (tertiary/aromatic N) is 4. The van der Waals surface area contributed by atoms with Crippen LogP contribution in [0.15, 0.2) is 53.1 Å². The summed E-state index contributed by atoms with van der Waals surface area (Å²) in [5, 5.41) is 11.3. The maximum Gasteiger partial charge on any atom is 0.276 e. The van der Waals surface area contributed by atoms with E-state index in [0.717, 1.165) is 30.5 Å². The number of rotatable bonds is 4. The van der Waals surface area contributed by atoms with Gasteiger partial charge in [0.2, 0.25) is 11.7 Å². The van der Waals surface area contributed by atoms with Gasteiger partial charge in [0.05, 0.1) is 5.69 Å². The van der Waals surface area contributed by atoms with Crippen molar-refractivity contribution in [2.45, 2.75) is 26.2 Å². The average molecular weight is 403 g/mol. The topological polar surface area (TPSA) is 85.8 Å². The van der Waals surface area contributed by atoms with Crippen molar-refractivity contribution in [2.75, 3.05) is 5.32 Å². The third-order valence-electron chi connectivity index (χ3n) is 5.17. The summed E-state index contributed by atoms with van der Waals surface area (Å²) in [5.74, 6) is 0.105. The van der Waals surface area contributed by atoms with E-state index in [1.165, 1.54) is 6.07 Å². The number of carbonyl (C=O) groups excluding carboxylic acids is 1. The Morgan fingerprint density at radius 2 is 1.93 bits per heavy atom. The van der Waals surface area contributed by atoms with Gasteiger partial charge in [-0.1, -0.05) is 29.4 Å². The van der Waals surface area contributed by atoms with Gasteiger partial charge in [-0.2, -0.15) is 10.1 Å². The largest absolute Gasteiger partial charge is 0.339 e. The molecule has 150 valence electrons. The second kappa shape index (κ2) is 7.22. The Morgan fingerprint density at radius 3 is 2.73 bits per heavy atom. The highest BCUT2D eigenvalue weighted by molar-refractivity contribution is 6.06. The molecule has 0 radical (unpaired) electrons. The molecule has 2 aromatic carbocycles. The molecule has 8 heteroatoms. The van der Waals surface area contributed by atoms with Crippen LogP contribution in [0, 0.1) is 12.7 Å². The highest BCUT2D eigenvalue weighted by Gasteiger charge is 2.28. The quantitative estimate of drug-likeness (QED) is 0.554. The van der Waals surface area contributed by atoms with E-state index in [-0.39, 0.29) is 11.7 Å². The van der Waals surface area contributed by atoms with Gasteiger partial charge in [0.15, 0.2) is 5.69 Å². The number of halogens is 1. The van der Waals surface area contributed by atoms with Gasteiger partial charge in [-0.3, -0.25) is 4.79 Å². The first-order chi connectivity index (χ1) is 14.6. The molecule has 0 saturated heterocycles. The first kappa shape index (κ1) is 18.2. The first-order valence-electron chi connectivity index (χ1n) is 9.68. The summed E-state index contributed by atoms with van der Waals surface area (Å²) < 4.78 is 21.0. The lowest BCUT2D eigenvalue weighted by Crippen LogP contribution is -2.15. The number of carbonyl (C=O) groups is 1. The van der Waals surface area contributed by atoms with Crippen molar-refractivity contribution in [3.8, 4) is 17.1 Å². The summed E-state index contributed by atoms with van der Waals surface area (Å²) in [7, 11) is 0. The summed E-state index contributed by atoms with van der Waals surface area (Å²) in [5.41, 5.74) is 3.60. The van der Waals surface area contributed by atoms with Gasteiger partial charge >= 0.3 is 0 Å². The van der Waals surface area contributed by atoms with E-state index in [9.17, 15) is 9.18 Å². The SMILES string of the molecule is Cc1nc(-c2ccccc2NC(=O)c2nn(-c3ccccc3F)c3c2CCC3)no1. The van der Waals surface area contributed by atoms with E-state index in [1.807, 2.05) is 18.2 Å². The molecule has 4 aromatic rings. The molecule has 2 heterocycles. The molecule has 30 heavy (non-hydrogen) atoms. The van der Waals surface area contributed by atoms with Crippen molar-refractivity contribution in [3.63, 3.8) is 0 Å². The monoisotopic (exact) mass is 403 g/mol. The molecule has 0 aliphatic heterocycles. The van der Waals surface area contributed by atoms with Crippen LogP contribution in [-0.4, -0.2) is 25.8 Å². The lowest BCUT2D eigenvalue weighted by atomic mass is 10.1. The number of aryl methyl sites for hydroxylation is 1. The molecule has 0 fully saturated rings. The van der Waals surface area contributed by atoms with E-state index in [2.05, 4.69) is 20.6 Å². The Morgan fingerprint density at radius 1 is 1.13 bits per heavy atom. The average Bonchev–Trinajstić information content (AvgIpc) is 3.46. The molecule has 0 atom stereocenters. The van der Waals surface area contributed by atoms with Gasteiger partial charge in [0, 0.05) is 23.7 Å². The number of amides is 1. The van der Waals surface area contributed by atoms with Crippen LogP contribution >= 0.6 is 0 Å². The van der Waals surface area contributed by atoms with E-state index >= 15 is 0 Å². The predicted molar refractivity (Wildman–Crippen MR) is 108 cm³/mol. The standard InChI is InChI=1S/C22H18FN5O2/c1-13-24-21(27-30-13)14-7-2-4-10-17(14)25-22(29)20-15-8-6-12-18(15)28(26-20)19-11-5-3-9-16(19)23/h2-5,7,9-11H,6,8,12H2,1H3,(H,25,29). The third-order valence-corrected chi connectivity index (χ3v) is 5.17. The number of hydrogen-bond acceptors (Lipinski definition) is 5. The van der Waals surface area contributed by atoms with Gasteiger partial charge in [0.25, 0.3) is 5.91 Å². The molecule has 5 rings (SSSR count). The molecular formula is C22H18FN5O2. The molecule has 1 aliphatic carbocycles. The third kappa shape index (κ3) is 3.06. The molecule has 2 aromatic heterocycles. The second-order valence-corrected chi connectivity index (χ2v) is 7.13. The number of aromatic nitrogens is 4. The summed E-state index contributed by atoms with van der Waals surface area (Å²) in [4.78, 5) is 17.4. The van der Waals surface area contributed by atoms with Crippen molar-refractivity contribution in [3.05, 3.63) is 77.2 Å². The van der Waals surface area contributed by atoms with Crippen LogP contribution in [0.3, 0.4) is 0 Å². The summed E-state index contributed by atoms with van der Waals surface area (Å²) in [6.07, 6.45) is 2.39. The van der Waals surface area contributed by atoms with E-state index in [4.69, 9.17) is 4.52 Å². The molecule has 0 saturated carbocycles. The Labute approximate surface area is 171 Å². The zero-order chi connectivity index (χ0) is 20.7. The predicted octanol–water partition coefficient (Wildman–Crippen LogP) is 4.11. The summed E-state index contributed by atoms with van der Waals surface area (Å²) >= 11 is 0.